The molecule has 0 aliphatic rings. The fraction of sp³-hybridized carbons (Fsp3) is 0.357. The lowest BCUT2D eigenvalue weighted by Gasteiger charge is -2.09. The van der Waals surface area contributed by atoms with Gasteiger partial charge in [0.25, 0.3) is 5.69 Å². The number of hydrogen-bond donors (Lipinski definition) is 2. The van der Waals surface area contributed by atoms with Crippen molar-refractivity contribution in [2.75, 3.05) is 18.5 Å². The SMILES string of the molecule is CCCOc1cc(NCCc2ncc[nH]2)cc([N+](=O)[O-])c1. The highest BCUT2D eigenvalue weighted by Crippen LogP contribution is 2.26. The summed E-state index contributed by atoms with van der Waals surface area (Å²) in [4.78, 5) is 17.7. The van der Waals surface area contributed by atoms with Crippen LogP contribution in [0.25, 0.3) is 0 Å². The average Bonchev–Trinajstić information content (AvgIpc) is 2.98. The van der Waals surface area contributed by atoms with Gasteiger partial charge in [-0.05, 0) is 6.42 Å². The fourth-order valence-corrected chi connectivity index (χ4v) is 1.85. The van der Waals surface area contributed by atoms with E-state index in [1.165, 1.54) is 12.1 Å². The smallest absolute Gasteiger partial charge is 0.275 e. The third-order valence-electron chi connectivity index (χ3n) is 2.82. The lowest BCUT2D eigenvalue weighted by molar-refractivity contribution is -0.384. The lowest BCUT2D eigenvalue weighted by Crippen LogP contribution is -2.07. The molecule has 21 heavy (non-hydrogen) atoms. The van der Waals surface area contributed by atoms with E-state index in [1.54, 1.807) is 18.5 Å². The highest BCUT2D eigenvalue weighted by Gasteiger charge is 2.10. The molecule has 1 heterocycles. The third-order valence-corrected chi connectivity index (χ3v) is 2.82. The molecule has 0 saturated carbocycles. The first kappa shape index (κ1) is 14.8. The normalized spacial score (nSPS) is 10.3. The van der Waals surface area contributed by atoms with Gasteiger partial charge in [-0.25, -0.2) is 4.98 Å². The molecule has 0 aliphatic heterocycles. The van der Waals surface area contributed by atoms with Gasteiger partial charge in [0.15, 0.2) is 0 Å². The molecule has 0 aliphatic carbocycles. The largest absolute Gasteiger partial charge is 0.493 e. The average molecular weight is 290 g/mol. The van der Waals surface area contributed by atoms with Crippen LogP contribution in [0.5, 0.6) is 5.75 Å². The summed E-state index contributed by atoms with van der Waals surface area (Å²) >= 11 is 0. The van der Waals surface area contributed by atoms with Gasteiger partial charge < -0.3 is 15.0 Å². The number of nitrogens with zero attached hydrogens (tertiary/aromatic N) is 2. The van der Waals surface area contributed by atoms with E-state index in [2.05, 4.69) is 15.3 Å². The van der Waals surface area contributed by atoms with Gasteiger partial charge in [-0.15, -0.1) is 0 Å². The molecular formula is C14H18N4O3. The van der Waals surface area contributed by atoms with E-state index in [9.17, 15) is 10.1 Å². The van der Waals surface area contributed by atoms with Crippen molar-refractivity contribution in [3.05, 3.63) is 46.5 Å². The van der Waals surface area contributed by atoms with E-state index >= 15 is 0 Å². The molecule has 0 saturated heterocycles. The zero-order valence-electron chi connectivity index (χ0n) is 11.8. The number of aromatic nitrogens is 2. The van der Waals surface area contributed by atoms with E-state index in [0.29, 0.717) is 31.0 Å². The Labute approximate surface area is 122 Å². The minimum atomic E-state index is -0.420. The van der Waals surface area contributed by atoms with Crippen LogP contribution in [-0.2, 0) is 6.42 Å². The van der Waals surface area contributed by atoms with Crippen molar-refractivity contribution in [3.8, 4) is 5.75 Å². The molecule has 2 aromatic rings. The van der Waals surface area contributed by atoms with Gasteiger partial charge in [-0.2, -0.15) is 0 Å². The number of imidazole rings is 1. The van der Waals surface area contributed by atoms with Crippen molar-refractivity contribution in [3.63, 3.8) is 0 Å². The van der Waals surface area contributed by atoms with E-state index in [4.69, 9.17) is 4.74 Å². The number of non-ortho nitro benzene ring substituents is 1. The van der Waals surface area contributed by atoms with Crippen LogP contribution in [0.15, 0.2) is 30.6 Å². The molecule has 0 amide bonds. The number of benzene rings is 1. The van der Waals surface area contributed by atoms with Gasteiger partial charge >= 0.3 is 0 Å². The maximum absolute atomic E-state index is 10.9. The Hall–Kier alpha value is -2.57. The molecule has 2 rings (SSSR count). The zero-order chi connectivity index (χ0) is 15.1. The molecule has 7 nitrogen and oxygen atoms in total. The Kier molecular flexibility index (Phi) is 5.14. The number of rotatable bonds is 8. The predicted molar refractivity (Wildman–Crippen MR) is 79.7 cm³/mol. The molecule has 0 spiro atoms. The maximum Gasteiger partial charge on any atom is 0.275 e. The molecule has 1 aromatic carbocycles. The maximum atomic E-state index is 10.9. The van der Waals surface area contributed by atoms with Gasteiger partial charge in [0, 0.05) is 43.2 Å². The minimum absolute atomic E-state index is 0.0177. The van der Waals surface area contributed by atoms with Crippen molar-refractivity contribution in [1.29, 1.82) is 0 Å². The summed E-state index contributed by atoms with van der Waals surface area (Å²) in [5, 5.41) is 14.1. The minimum Gasteiger partial charge on any atom is -0.493 e. The molecule has 1 aromatic heterocycles. The molecule has 112 valence electrons. The van der Waals surface area contributed by atoms with Gasteiger partial charge in [-0.3, -0.25) is 10.1 Å². The number of hydrogen-bond acceptors (Lipinski definition) is 5. The number of nitrogens with one attached hydrogen (secondary N) is 2. The van der Waals surface area contributed by atoms with Gasteiger partial charge in [0.2, 0.25) is 0 Å². The van der Waals surface area contributed by atoms with Crippen LogP contribution in [0.4, 0.5) is 11.4 Å². The number of nitro benzene ring substituents is 1. The van der Waals surface area contributed by atoms with E-state index in [1.807, 2.05) is 6.92 Å². The molecule has 0 fully saturated rings. The third kappa shape index (κ3) is 4.48. The van der Waals surface area contributed by atoms with Crippen LogP contribution in [0.1, 0.15) is 19.2 Å². The van der Waals surface area contributed by atoms with Crippen molar-refractivity contribution >= 4 is 11.4 Å². The summed E-state index contributed by atoms with van der Waals surface area (Å²) < 4.78 is 5.48. The Balaban J connectivity index is 2.02. The van der Waals surface area contributed by atoms with Gasteiger partial charge in [0.1, 0.15) is 11.6 Å². The monoisotopic (exact) mass is 290 g/mol. The van der Waals surface area contributed by atoms with Gasteiger partial charge in [-0.1, -0.05) is 6.92 Å². The Morgan fingerprint density at radius 3 is 2.95 bits per heavy atom. The second kappa shape index (κ2) is 7.28. The zero-order valence-corrected chi connectivity index (χ0v) is 11.8. The standard InChI is InChI=1S/C14H18N4O3/c1-2-7-21-13-9-11(8-12(10-13)18(19)20)15-4-3-14-16-5-6-17-14/h5-6,8-10,15H,2-4,7H2,1H3,(H,16,17). The van der Waals surface area contributed by atoms with Crippen LogP contribution in [0.2, 0.25) is 0 Å². The molecule has 0 atom stereocenters. The van der Waals surface area contributed by atoms with E-state index in [0.717, 1.165) is 12.2 Å². The highest BCUT2D eigenvalue weighted by molar-refractivity contribution is 5.56. The van der Waals surface area contributed by atoms with Crippen LogP contribution >= 0.6 is 0 Å². The van der Waals surface area contributed by atoms with Crippen LogP contribution in [0, 0.1) is 10.1 Å². The Bertz CT molecular complexity index is 584. The fourth-order valence-electron chi connectivity index (χ4n) is 1.85. The molecule has 0 bridgehead atoms. The number of aromatic amines is 1. The van der Waals surface area contributed by atoms with Crippen molar-refractivity contribution in [2.45, 2.75) is 19.8 Å². The first-order valence-corrected chi connectivity index (χ1v) is 6.83. The number of nitro groups is 1. The molecular weight excluding hydrogens is 272 g/mol. The number of H-pyrrole nitrogens is 1. The quantitative estimate of drug-likeness (QED) is 0.576. The second-order valence-corrected chi connectivity index (χ2v) is 4.53. The molecule has 0 unspecified atom stereocenters. The summed E-state index contributed by atoms with van der Waals surface area (Å²) in [7, 11) is 0. The predicted octanol–water partition coefficient (Wildman–Crippen LogP) is 2.76. The van der Waals surface area contributed by atoms with Crippen LogP contribution in [0.3, 0.4) is 0 Å². The van der Waals surface area contributed by atoms with Gasteiger partial charge in [0.05, 0.1) is 17.6 Å². The van der Waals surface area contributed by atoms with Crippen LogP contribution < -0.4 is 10.1 Å². The van der Waals surface area contributed by atoms with E-state index < -0.39 is 4.92 Å². The lowest BCUT2D eigenvalue weighted by atomic mass is 10.2. The topological polar surface area (TPSA) is 93.1 Å². The van der Waals surface area contributed by atoms with Crippen LogP contribution in [-0.4, -0.2) is 28.0 Å². The number of ether oxygens (including phenoxy) is 1. The number of anilines is 1. The first-order chi connectivity index (χ1) is 10.2. The molecule has 0 radical (unpaired) electrons. The van der Waals surface area contributed by atoms with E-state index in [-0.39, 0.29) is 5.69 Å². The summed E-state index contributed by atoms with van der Waals surface area (Å²) in [5.41, 5.74) is 0.686. The Morgan fingerprint density at radius 1 is 1.43 bits per heavy atom. The van der Waals surface area contributed by atoms with Crippen molar-refractivity contribution in [2.24, 2.45) is 0 Å². The summed E-state index contributed by atoms with van der Waals surface area (Å²) in [6, 6.07) is 4.71. The second-order valence-electron chi connectivity index (χ2n) is 4.53. The highest BCUT2D eigenvalue weighted by atomic mass is 16.6. The summed E-state index contributed by atoms with van der Waals surface area (Å²) in [6.07, 6.45) is 5.02. The first-order valence-electron chi connectivity index (χ1n) is 6.83. The Morgan fingerprint density at radius 2 is 2.29 bits per heavy atom. The van der Waals surface area contributed by atoms with Crippen molar-refractivity contribution in [1.82, 2.24) is 9.97 Å². The molecule has 7 heteroatoms. The van der Waals surface area contributed by atoms with Crippen molar-refractivity contribution < 1.29 is 9.66 Å². The summed E-state index contributed by atoms with van der Waals surface area (Å²) in [5.74, 6) is 1.38. The summed E-state index contributed by atoms with van der Waals surface area (Å²) in [6.45, 7) is 3.15. The molecule has 2 N–H and O–H groups in total.